The molecule has 2 aromatic rings. The molecule has 0 N–H and O–H groups in total. The third-order valence-corrected chi connectivity index (χ3v) is 8.04. The minimum Gasteiger partial charge on any atom is -0.423 e. The number of esters is 1. The fraction of sp³-hybridized carbons (Fsp3) is 0.552. The van der Waals surface area contributed by atoms with E-state index in [0.717, 1.165) is 42.0 Å². The number of carbonyl (C=O) groups excluding carboxylic acids is 1. The van der Waals surface area contributed by atoms with Crippen molar-refractivity contribution in [2.45, 2.75) is 83.2 Å². The molecule has 0 heterocycles. The Balaban J connectivity index is 1.26. The summed E-state index contributed by atoms with van der Waals surface area (Å²) in [5, 5.41) is 0. The molecule has 0 spiro atoms. The normalized spacial score (nSPS) is 25.6. The van der Waals surface area contributed by atoms with Gasteiger partial charge < -0.3 is 4.74 Å². The highest BCUT2D eigenvalue weighted by molar-refractivity contribution is 5.91. The summed E-state index contributed by atoms with van der Waals surface area (Å²) in [6.45, 7) is 2.29. The van der Waals surface area contributed by atoms with Crippen molar-refractivity contribution in [3.8, 4) is 5.75 Å². The number of rotatable bonds is 6. The molecule has 0 atom stereocenters. The Hall–Kier alpha value is -2.30. The van der Waals surface area contributed by atoms with Gasteiger partial charge in [0.1, 0.15) is 5.75 Å². The van der Waals surface area contributed by atoms with Gasteiger partial charge in [-0.15, -0.1) is 0 Å². The van der Waals surface area contributed by atoms with Gasteiger partial charge in [-0.25, -0.2) is 4.79 Å². The Labute approximate surface area is 200 Å². The first kappa shape index (κ1) is 24.8. The Morgan fingerprint density at radius 1 is 0.824 bits per heavy atom. The van der Waals surface area contributed by atoms with Gasteiger partial charge in [-0.1, -0.05) is 44.7 Å². The monoisotopic (exact) mass is 472 g/mol. The molecule has 0 aliphatic heterocycles. The van der Waals surface area contributed by atoms with Crippen molar-refractivity contribution >= 4 is 5.97 Å². The lowest BCUT2D eigenvalue weighted by atomic mass is 9.68. The number of ether oxygens (including phenoxy) is 1. The van der Waals surface area contributed by atoms with E-state index in [9.17, 15) is 18.0 Å². The van der Waals surface area contributed by atoms with E-state index in [1.807, 2.05) is 12.1 Å². The predicted molar refractivity (Wildman–Crippen MR) is 128 cm³/mol. The topological polar surface area (TPSA) is 26.3 Å². The maximum Gasteiger partial charge on any atom is 0.416 e. The van der Waals surface area contributed by atoms with E-state index in [1.54, 1.807) is 12.1 Å². The summed E-state index contributed by atoms with van der Waals surface area (Å²) in [5.74, 6) is 3.06. The first-order chi connectivity index (χ1) is 16.3. The average molecular weight is 473 g/mol. The van der Waals surface area contributed by atoms with Crippen LogP contribution in [0.4, 0.5) is 13.2 Å². The molecule has 0 bridgehead atoms. The fourth-order valence-electron chi connectivity index (χ4n) is 6.05. The molecule has 2 saturated carbocycles. The van der Waals surface area contributed by atoms with E-state index in [2.05, 4.69) is 6.92 Å². The van der Waals surface area contributed by atoms with Gasteiger partial charge in [-0.3, -0.25) is 0 Å². The molecule has 0 saturated heterocycles. The summed E-state index contributed by atoms with van der Waals surface area (Å²) in [4.78, 5) is 12.3. The van der Waals surface area contributed by atoms with Crippen molar-refractivity contribution in [3.63, 3.8) is 0 Å². The van der Waals surface area contributed by atoms with E-state index in [0.29, 0.717) is 11.7 Å². The summed E-state index contributed by atoms with van der Waals surface area (Å²) in [6.07, 6.45) is 8.99. The van der Waals surface area contributed by atoms with Gasteiger partial charge in [0, 0.05) is 0 Å². The van der Waals surface area contributed by atoms with Gasteiger partial charge in [-0.05, 0) is 104 Å². The highest BCUT2D eigenvalue weighted by atomic mass is 19.4. The molecule has 0 unspecified atom stereocenters. The molecule has 34 heavy (non-hydrogen) atoms. The third kappa shape index (κ3) is 6.22. The van der Waals surface area contributed by atoms with Crippen molar-refractivity contribution in [2.24, 2.45) is 17.8 Å². The smallest absolute Gasteiger partial charge is 0.416 e. The van der Waals surface area contributed by atoms with Gasteiger partial charge in [0.15, 0.2) is 0 Å². The molecule has 2 aliphatic rings. The molecule has 0 aromatic heterocycles. The lowest BCUT2D eigenvalue weighted by Crippen LogP contribution is -2.25. The molecule has 4 rings (SSSR count). The standard InChI is InChI=1S/C29H35F3O2/c1-2-3-20-4-6-21(7-5-20)22-8-10-23(11-9-22)24-14-18-27(19-15-24)34-28(33)25-12-16-26(17-13-25)29(30,31)32/h12-23H,2-11H2,1H3. The molecule has 5 heteroatoms. The summed E-state index contributed by atoms with van der Waals surface area (Å²) in [5.41, 5.74) is 0.589. The van der Waals surface area contributed by atoms with E-state index >= 15 is 0 Å². The van der Waals surface area contributed by atoms with Gasteiger partial charge >= 0.3 is 12.1 Å². The molecular formula is C29H35F3O2. The van der Waals surface area contributed by atoms with Crippen LogP contribution in [0.1, 0.15) is 98.5 Å². The van der Waals surface area contributed by atoms with Crippen LogP contribution in [0.25, 0.3) is 0 Å². The first-order valence-electron chi connectivity index (χ1n) is 12.8. The van der Waals surface area contributed by atoms with Crippen LogP contribution < -0.4 is 4.74 Å². The van der Waals surface area contributed by atoms with Gasteiger partial charge in [-0.2, -0.15) is 13.2 Å². The molecule has 2 nitrogen and oxygen atoms in total. The van der Waals surface area contributed by atoms with Crippen molar-refractivity contribution in [1.29, 1.82) is 0 Å². The second kappa shape index (κ2) is 11.0. The molecule has 184 valence electrons. The maximum absolute atomic E-state index is 12.7. The molecule has 2 aliphatic carbocycles. The second-order valence-electron chi connectivity index (χ2n) is 10.2. The number of alkyl halides is 3. The number of benzene rings is 2. The highest BCUT2D eigenvalue weighted by Crippen LogP contribution is 2.44. The Kier molecular flexibility index (Phi) is 8.00. The Morgan fingerprint density at radius 2 is 1.38 bits per heavy atom. The van der Waals surface area contributed by atoms with Crippen LogP contribution in [0.2, 0.25) is 0 Å². The maximum atomic E-state index is 12.7. The lowest BCUT2D eigenvalue weighted by molar-refractivity contribution is -0.137. The average Bonchev–Trinajstić information content (AvgIpc) is 2.85. The predicted octanol–water partition coefficient (Wildman–Crippen LogP) is 8.80. The summed E-state index contributed by atoms with van der Waals surface area (Å²) < 4.78 is 43.5. The number of hydrogen-bond acceptors (Lipinski definition) is 2. The Bertz CT molecular complexity index is 917. The third-order valence-electron chi connectivity index (χ3n) is 8.04. The van der Waals surface area contributed by atoms with Crippen LogP contribution in [0.15, 0.2) is 48.5 Å². The molecule has 2 fully saturated rings. The lowest BCUT2D eigenvalue weighted by Gasteiger charge is -2.38. The number of carbonyl (C=O) groups is 1. The minimum atomic E-state index is -4.43. The first-order valence-corrected chi connectivity index (χ1v) is 12.8. The van der Waals surface area contributed by atoms with Crippen molar-refractivity contribution in [2.75, 3.05) is 0 Å². The van der Waals surface area contributed by atoms with Crippen LogP contribution in [0.5, 0.6) is 5.75 Å². The van der Waals surface area contributed by atoms with Crippen molar-refractivity contribution < 1.29 is 22.7 Å². The minimum absolute atomic E-state index is 0.0964. The zero-order valence-electron chi connectivity index (χ0n) is 19.9. The van der Waals surface area contributed by atoms with Gasteiger partial charge in [0.05, 0.1) is 11.1 Å². The Morgan fingerprint density at radius 3 is 1.91 bits per heavy atom. The second-order valence-corrected chi connectivity index (χ2v) is 10.2. The quantitative estimate of drug-likeness (QED) is 0.310. The van der Waals surface area contributed by atoms with Crippen LogP contribution >= 0.6 is 0 Å². The molecule has 0 amide bonds. The zero-order valence-corrected chi connectivity index (χ0v) is 19.9. The molecule has 0 radical (unpaired) electrons. The summed E-state index contributed by atoms with van der Waals surface area (Å²) in [7, 11) is 0. The molecular weight excluding hydrogens is 437 g/mol. The van der Waals surface area contributed by atoms with Crippen molar-refractivity contribution in [1.82, 2.24) is 0 Å². The van der Waals surface area contributed by atoms with Gasteiger partial charge in [0.25, 0.3) is 0 Å². The van der Waals surface area contributed by atoms with Crippen LogP contribution in [0, 0.1) is 17.8 Å². The molecule has 2 aromatic carbocycles. The van der Waals surface area contributed by atoms with Crippen molar-refractivity contribution in [3.05, 3.63) is 65.2 Å². The van der Waals surface area contributed by atoms with E-state index in [1.165, 1.54) is 69.8 Å². The van der Waals surface area contributed by atoms with Crippen LogP contribution in [-0.2, 0) is 6.18 Å². The van der Waals surface area contributed by atoms with Crippen LogP contribution in [0.3, 0.4) is 0 Å². The van der Waals surface area contributed by atoms with E-state index in [-0.39, 0.29) is 5.56 Å². The van der Waals surface area contributed by atoms with Crippen LogP contribution in [-0.4, -0.2) is 5.97 Å². The number of hydrogen-bond donors (Lipinski definition) is 0. The fourth-order valence-corrected chi connectivity index (χ4v) is 6.05. The van der Waals surface area contributed by atoms with E-state index in [4.69, 9.17) is 4.74 Å². The zero-order chi connectivity index (χ0) is 24.1. The summed E-state index contributed by atoms with van der Waals surface area (Å²) >= 11 is 0. The number of halogens is 3. The van der Waals surface area contributed by atoms with Gasteiger partial charge in [0.2, 0.25) is 0 Å². The summed E-state index contributed by atoms with van der Waals surface area (Å²) in [6, 6.07) is 11.7. The largest absolute Gasteiger partial charge is 0.423 e. The van der Waals surface area contributed by atoms with E-state index < -0.39 is 17.7 Å². The highest BCUT2D eigenvalue weighted by Gasteiger charge is 2.32. The SMILES string of the molecule is CCCC1CCC(C2CCC(c3ccc(OC(=O)c4ccc(C(F)(F)F)cc4)cc3)CC2)CC1.